The summed E-state index contributed by atoms with van der Waals surface area (Å²) in [5, 5.41) is 8.39. The van der Waals surface area contributed by atoms with Crippen molar-refractivity contribution in [2.75, 3.05) is 36.8 Å². The van der Waals surface area contributed by atoms with Crippen LogP contribution >= 0.6 is 0 Å². The van der Waals surface area contributed by atoms with Crippen molar-refractivity contribution in [2.45, 2.75) is 13.8 Å². The second-order valence-electron chi connectivity index (χ2n) is 7.71. The summed E-state index contributed by atoms with van der Waals surface area (Å²) in [4.78, 5) is 39.3. The van der Waals surface area contributed by atoms with Crippen molar-refractivity contribution in [3.05, 3.63) is 95.6 Å². The van der Waals surface area contributed by atoms with Crippen LogP contribution in [0.15, 0.2) is 78.9 Å². The fourth-order valence-electron chi connectivity index (χ4n) is 3.43. The monoisotopic (exact) mass is 458 g/mol. The van der Waals surface area contributed by atoms with Crippen molar-refractivity contribution < 1.29 is 14.4 Å². The maximum atomic E-state index is 12.5. The second-order valence-corrected chi connectivity index (χ2v) is 7.71. The highest BCUT2D eigenvalue weighted by Crippen LogP contribution is 2.15. The van der Waals surface area contributed by atoms with E-state index in [1.165, 1.54) is 0 Å². The van der Waals surface area contributed by atoms with E-state index in [0.29, 0.717) is 34.6 Å². The molecule has 34 heavy (non-hydrogen) atoms. The molecule has 0 bridgehead atoms. The number of rotatable bonds is 10. The van der Waals surface area contributed by atoms with Crippen LogP contribution in [-0.4, -0.2) is 48.8 Å². The van der Waals surface area contributed by atoms with Gasteiger partial charge in [0.15, 0.2) is 5.78 Å². The van der Waals surface area contributed by atoms with Gasteiger partial charge in [0.25, 0.3) is 5.91 Å². The molecule has 0 unspecified atom stereocenters. The van der Waals surface area contributed by atoms with Crippen LogP contribution in [0.1, 0.15) is 40.1 Å². The topological polar surface area (TPSA) is 90.5 Å². The zero-order valence-electron chi connectivity index (χ0n) is 19.5. The van der Waals surface area contributed by atoms with Gasteiger partial charge in [0.1, 0.15) is 0 Å². The Balaban J connectivity index is 1.49. The molecule has 0 saturated heterocycles. The first kappa shape index (κ1) is 24.7. The molecule has 7 heteroatoms. The molecular formula is C27H30N4O3. The minimum absolute atomic E-state index is 0.0752. The lowest BCUT2D eigenvalue weighted by atomic mass is 10.0. The van der Waals surface area contributed by atoms with E-state index in [2.05, 4.69) is 34.7 Å². The molecule has 0 saturated carbocycles. The molecule has 3 rings (SSSR count). The molecule has 0 heterocycles. The molecule has 7 nitrogen and oxygen atoms in total. The van der Waals surface area contributed by atoms with Crippen LogP contribution in [0, 0.1) is 0 Å². The van der Waals surface area contributed by atoms with E-state index < -0.39 is 6.03 Å². The Morgan fingerprint density at radius 3 is 1.71 bits per heavy atom. The van der Waals surface area contributed by atoms with Crippen molar-refractivity contribution in [1.82, 2.24) is 10.2 Å². The van der Waals surface area contributed by atoms with E-state index in [4.69, 9.17) is 0 Å². The molecule has 3 N–H and O–H groups in total. The highest BCUT2D eigenvalue weighted by molar-refractivity contribution is 6.09. The van der Waals surface area contributed by atoms with Gasteiger partial charge in [-0.05, 0) is 61.6 Å². The van der Waals surface area contributed by atoms with Gasteiger partial charge in [-0.25, -0.2) is 4.79 Å². The molecule has 3 aromatic rings. The normalized spacial score (nSPS) is 10.6. The molecule has 0 radical (unpaired) electrons. The Morgan fingerprint density at radius 2 is 1.18 bits per heavy atom. The van der Waals surface area contributed by atoms with E-state index in [1.807, 2.05) is 18.2 Å². The smallest absolute Gasteiger partial charge is 0.323 e. The van der Waals surface area contributed by atoms with Crippen LogP contribution in [0.5, 0.6) is 0 Å². The maximum Gasteiger partial charge on any atom is 0.323 e. The van der Waals surface area contributed by atoms with Crippen molar-refractivity contribution in [1.29, 1.82) is 0 Å². The van der Waals surface area contributed by atoms with Crippen LogP contribution < -0.4 is 16.0 Å². The number of nitrogens with zero attached hydrogens (tertiary/aromatic N) is 1. The number of nitrogens with one attached hydrogen (secondary N) is 3. The molecule has 0 aromatic heterocycles. The standard InChI is InChI=1S/C27H30N4O3/c1-3-31(4-2)19-18-28-26(33)22-12-16-24(17-13-22)30-27(34)29-23-14-10-21(11-15-23)25(32)20-8-6-5-7-9-20/h5-17H,3-4,18-19H2,1-2H3,(H,28,33)(H2,29,30,34). The maximum absolute atomic E-state index is 12.5. The van der Waals surface area contributed by atoms with Crippen LogP contribution in [0.3, 0.4) is 0 Å². The largest absolute Gasteiger partial charge is 0.351 e. The highest BCUT2D eigenvalue weighted by Gasteiger charge is 2.10. The van der Waals surface area contributed by atoms with Gasteiger partial charge in [-0.15, -0.1) is 0 Å². The lowest BCUT2D eigenvalue weighted by Gasteiger charge is -2.18. The molecule has 0 spiro atoms. The van der Waals surface area contributed by atoms with Crippen LogP contribution in [0.25, 0.3) is 0 Å². The summed E-state index contributed by atoms with van der Waals surface area (Å²) in [5.41, 5.74) is 2.81. The lowest BCUT2D eigenvalue weighted by molar-refractivity contribution is 0.0948. The second kappa shape index (κ2) is 12.3. The summed E-state index contributed by atoms with van der Waals surface area (Å²) in [6, 6.07) is 22.0. The van der Waals surface area contributed by atoms with Gasteiger partial charge in [0.2, 0.25) is 0 Å². The van der Waals surface area contributed by atoms with Gasteiger partial charge in [-0.3, -0.25) is 9.59 Å². The van der Waals surface area contributed by atoms with E-state index in [1.54, 1.807) is 60.7 Å². The third kappa shape index (κ3) is 7.02. The zero-order chi connectivity index (χ0) is 24.3. The summed E-state index contributed by atoms with van der Waals surface area (Å²) in [6.45, 7) is 7.47. The first-order valence-electron chi connectivity index (χ1n) is 11.4. The number of ketones is 1. The number of likely N-dealkylation sites (N-methyl/N-ethyl adjacent to an activating group) is 1. The third-order valence-electron chi connectivity index (χ3n) is 5.45. The molecule has 0 fully saturated rings. The third-order valence-corrected chi connectivity index (χ3v) is 5.45. The molecule has 0 aliphatic rings. The molecule has 176 valence electrons. The molecule has 3 aromatic carbocycles. The summed E-state index contributed by atoms with van der Waals surface area (Å²) < 4.78 is 0. The Morgan fingerprint density at radius 1 is 0.676 bits per heavy atom. The minimum atomic E-state index is -0.418. The fraction of sp³-hybridized carbons (Fsp3) is 0.222. The van der Waals surface area contributed by atoms with Crippen molar-refractivity contribution in [2.24, 2.45) is 0 Å². The number of carbonyl (C=O) groups is 3. The average molecular weight is 459 g/mol. The summed E-state index contributed by atoms with van der Waals surface area (Å²) >= 11 is 0. The van der Waals surface area contributed by atoms with Gasteiger partial charge in [0.05, 0.1) is 0 Å². The Labute approximate surface area is 200 Å². The first-order chi connectivity index (χ1) is 16.5. The minimum Gasteiger partial charge on any atom is -0.351 e. The number of urea groups is 1. The number of hydrogen-bond acceptors (Lipinski definition) is 4. The van der Waals surface area contributed by atoms with E-state index in [9.17, 15) is 14.4 Å². The Hall–Kier alpha value is -3.97. The number of anilines is 2. The van der Waals surface area contributed by atoms with Gasteiger partial charge < -0.3 is 20.9 Å². The molecule has 0 atom stereocenters. The fourth-order valence-corrected chi connectivity index (χ4v) is 3.43. The van der Waals surface area contributed by atoms with Crippen LogP contribution in [-0.2, 0) is 0 Å². The van der Waals surface area contributed by atoms with Crippen molar-refractivity contribution in [3.8, 4) is 0 Å². The summed E-state index contributed by atoms with van der Waals surface area (Å²) in [7, 11) is 0. The average Bonchev–Trinajstić information content (AvgIpc) is 2.87. The van der Waals surface area contributed by atoms with Gasteiger partial charge in [0, 0.05) is 41.2 Å². The SMILES string of the molecule is CCN(CC)CCNC(=O)c1ccc(NC(=O)Nc2ccc(C(=O)c3ccccc3)cc2)cc1. The zero-order valence-corrected chi connectivity index (χ0v) is 19.5. The highest BCUT2D eigenvalue weighted by atomic mass is 16.2. The summed E-state index contributed by atoms with van der Waals surface area (Å²) in [6.07, 6.45) is 0. The van der Waals surface area contributed by atoms with Crippen LogP contribution in [0.2, 0.25) is 0 Å². The van der Waals surface area contributed by atoms with Crippen molar-refractivity contribution >= 4 is 29.1 Å². The van der Waals surface area contributed by atoms with Crippen LogP contribution in [0.4, 0.5) is 16.2 Å². The molecule has 3 amide bonds. The first-order valence-corrected chi connectivity index (χ1v) is 11.4. The van der Waals surface area contributed by atoms with Gasteiger partial charge in [-0.2, -0.15) is 0 Å². The Kier molecular flexibility index (Phi) is 8.94. The number of benzene rings is 3. The predicted molar refractivity (Wildman–Crippen MR) is 136 cm³/mol. The Bertz CT molecular complexity index is 1090. The van der Waals surface area contributed by atoms with Gasteiger partial charge in [-0.1, -0.05) is 44.2 Å². The van der Waals surface area contributed by atoms with E-state index in [0.717, 1.165) is 19.6 Å². The molecular weight excluding hydrogens is 428 g/mol. The van der Waals surface area contributed by atoms with E-state index >= 15 is 0 Å². The molecule has 0 aliphatic carbocycles. The van der Waals surface area contributed by atoms with Gasteiger partial charge >= 0.3 is 6.03 Å². The number of carbonyl (C=O) groups excluding carboxylic acids is 3. The lowest BCUT2D eigenvalue weighted by Crippen LogP contribution is -2.34. The quantitative estimate of drug-likeness (QED) is 0.386. The summed E-state index contributed by atoms with van der Waals surface area (Å²) in [5.74, 6) is -0.220. The molecule has 0 aliphatic heterocycles. The number of amides is 3. The predicted octanol–water partition coefficient (Wildman–Crippen LogP) is 4.63. The van der Waals surface area contributed by atoms with E-state index in [-0.39, 0.29) is 11.7 Å². The number of hydrogen-bond donors (Lipinski definition) is 3. The van der Waals surface area contributed by atoms with Crippen molar-refractivity contribution in [3.63, 3.8) is 0 Å².